The number of nitrogen functional groups attached to an aromatic ring is 1. The lowest BCUT2D eigenvalue weighted by atomic mass is 10.2. The Bertz CT molecular complexity index is 816. The van der Waals surface area contributed by atoms with Gasteiger partial charge in [-0.15, -0.1) is 11.3 Å². The lowest BCUT2D eigenvalue weighted by Gasteiger charge is -2.05. The Kier molecular flexibility index (Phi) is 3.90. The van der Waals surface area contributed by atoms with Crippen molar-refractivity contribution in [2.75, 3.05) is 5.73 Å². The van der Waals surface area contributed by atoms with E-state index in [1.54, 1.807) is 6.20 Å². The van der Waals surface area contributed by atoms with Crippen LogP contribution in [-0.2, 0) is 6.54 Å². The molecule has 0 aliphatic carbocycles. The molecular weight excluding hydrogens is 350 g/mol. The highest BCUT2D eigenvalue weighted by atomic mass is 79.9. The normalized spacial score (nSPS) is 10.7. The van der Waals surface area contributed by atoms with E-state index in [-0.39, 0.29) is 5.91 Å². The molecule has 3 aromatic rings. The van der Waals surface area contributed by atoms with E-state index in [2.05, 4.69) is 26.2 Å². The van der Waals surface area contributed by atoms with Crippen LogP contribution in [0.5, 0.6) is 0 Å². The lowest BCUT2D eigenvalue weighted by molar-refractivity contribution is 0.0956. The molecule has 0 saturated carbocycles. The number of nitrogens with one attached hydrogen (secondary N) is 1. The standard InChI is InChI=1S/C15H12BrN3OS/c16-10-4-1-3-9(7-10)8-19-14(20)13-12(17)11-5-2-6-18-15(11)21-13/h1-7H,8,17H2,(H,19,20). The van der Waals surface area contributed by atoms with Crippen LogP contribution < -0.4 is 11.1 Å². The van der Waals surface area contributed by atoms with E-state index in [1.165, 1.54) is 11.3 Å². The number of hydrogen-bond donors (Lipinski definition) is 2. The van der Waals surface area contributed by atoms with Gasteiger partial charge in [0.15, 0.2) is 0 Å². The number of rotatable bonds is 3. The molecule has 0 aliphatic rings. The number of halogens is 1. The number of benzene rings is 1. The van der Waals surface area contributed by atoms with Gasteiger partial charge in [0.25, 0.3) is 5.91 Å². The first-order chi connectivity index (χ1) is 10.1. The van der Waals surface area contributed by atoms with Crippen LogP contribution in [0.15, 0.2) is 47.1 Å². The quantitative estimate of drug-likeness (QED) is 0.749. The van der Waals surface area contributed by atoms with Gasteiger partial charge in [0.2, 0.25) is 0 Å². The van der Waals surface area contributed by atoms with E-state index in [0.29, 0.717) is 17.1 Å². The lowest BCUT2D eigenvalue weighted by Crippen LogP contribution is -2.22. The van der Waals surface area contributed by atoms with E-state index < -0.39 is 0 Å². The van der Waals surface area contributed by atoms with Crippen molar-refractivity contribution in [1.29, 1.82) is 0 Å². The number of amides is 1. The van der Waals surface area contributed by atoms with Gasteiger partial charge in [-0.2, -0.15) is 0 Å². The average molecular weight is 362 g/mol. The van der Waals surface area contributed by atoms with Crippen LogP contribution in [0.2, 0.25) is 0 Å². The molecule has 4 nitrogen and oxygen atoms in total. The Balaban J connectivity index is 1.79. The number of carbonyl (C=O) groups is 1. The number of nitrogens with zero attached hydrogens (tertiary/aromatic N) is 1. The Morgan fingerprint density at radius 1 is 1.33 bits per heavy atom. The maximum Gasteiger partial charge on any atom is 0.263 e. The number of thiophene rings is 1. The first-order valence-corrected chi connectivity index (χ1v) is 7.92. The zero-order valence-corrected chi connectivity index (χ0v) is 13.4. The zero-order chi connectivity index (χ0) is 14.8. The second kappa shape index (κ2) is 5.83. The molecule has 2 heterocycles. The van der Waals surface area contributed by atoms with Crippen LogP contribution in [-0.4, -0.2) is 10.9 Å². The Labute approximate surface area is 134 Å². The summed E-state index contributed by atoms with van der Waals surface area (Å²) < 4.78 is 0.986. The molecule has 6 heteroatoms. The molecule has 3 N–H and O–H groups in total. The van der Waals surface area contributed by atoms with Crippen molar-refractivity contribution < 1.29 is 4.79 Å². The van der Waals surface area contributed by atoms with Gasteiger partial charge < -0.3 is 11.1 Å². The summed E-state index contributed by atoms with van der Waals surface area (Å²) in [7, 11) is 0. The van der Waals surface area contributed by atoms with Gasteiger partial charge >= 0.3 is 0 Å². The first-order valence-electron chi connectivity index (χ1n) is 6.31. The van der Waals surface area contributed by atoms with Gasteiger partial charge in [-0.1, -0.05) is 28.1 Å². The van der Waals surface area contributed by atoms with Crippen LogP contribution in [0.4, 0.5) is 5.69 Å². The molecule has 3 rings (SSSR count). The minimum absolute atomic E-state index is 0.171. The predicted molar refractivity (Wildman–Crippen MR) is 89.3 cm³/mol. The van der Waals surface area contributed by atoms with Crippen molar-refractivity contribution in [3.8, 4) is 0 Å². The number of hydrogen-bond acceptors (Lipinski definition) is 4. The first kappa shape index (κ1) is 14.0. The van der Waals surface area contributed by atoms with Gasteiger partial charge in [0.05, 0.1) is 5.69 Å². The maximum atomic E-state index is 12.3. The third kappa shape index (κ3) is 2.91. The van der Waals surface area contributed by atoms with Gasteiger partial charge in [-0.3, -0.25) is 4.79 Å². The van der Waals surface area contributed by atoms with E-state index in [0.717, 1.165) is 20.3 Å². The molecular formula is C15H12BrN3OS. The summed E-state index contributed by atoms with van der Waals surface area (Å²) in [6.45, 7) is 0.458. The second-order valence-corrected chi connectivity index (χ2v) is 6.43. The maximum absolute atomic E-state index is 12.3. The largest absolute Gasteiger partial charge is 0.397 e. The van der Waals surface area contributed by atoms with Crippen molar-refractivity contribution in [3.63, 3.8) is 0 Å². The van der Waals surface area contributed by atoms with Gasteiger partial charge in [0.1, 0.15) is 9.71 Å². The highest BCUT2D eigenvalue weighted by Crippen LogP contribution is 2.31. The topological polar surface area (TPSA) is 68.0 Å². The molecule has 0 aliphatic heterocycles. The van der Waals surface area contributed by atoms with Crippen molar-refractivity contribution >= 4 is 49.1 Å². The van der Waals surface area contributed by atoms with Gasteiger partial charge in [-0.05, 0) is 29.8 Å². The smallest absolute Gasteiger partial charge is 0.263 e. The molecule has 106 valence electrons. The Hall–Kier alpha value is -1.92. The molecule has 1 aromatic carbocycles. The molecule has 1 amide bonds. The van der Waals surface area contributed by atoms with Crippen molar-refractivity contribution in [2.45, 2.75) is 6.54 Å². The highest BCUT2D eigenvalue weighted by Gasteiger charge is 2.16. The minimum Gasteiger partial charge on any atom is -0.397 e. The third-order valence-electron chi connectivity index (χ3n) is 3.05. The van der Waals surface area contributed by atoms with E-state index in [9.17, 15) is 4.79 Å². The SMILES string of the molecule is Nc1c(C(=O)NCc2cccc(Br)c2)sc2ncccc12. The fourth-order valence-electron chi connectivity index (χ4n) is 2.03. The molecule has 21 heavy (non-hydrogen) atoms. The summed E-state index contributed by atoms with van der Waals surface area (Å²) in [6, 6.07) is 11.5. The molecule has 2 aromatic heterocycles. The molecule has 0 spiro atoms. The van der Waals surface area contributed by atoms with Gasteiger partial charge in [-0.25, -0.2) is 4.98 Å². The van der Waals surface area contributed by atoms with Crippen molar-refractivity contribution in [3.05, 3.63) is 57.5 Å². The van der Waals surface area contributed by atoms with E-state index in [1.807, 2.05) is 36.4 Å². The van der Waals surface area contributed by atoms with Crippen molar-refractivity contribution in [1.82, 2.24) is 10.3 Å². The van der Waals surface area contributed by atoms with Crippen LogP contribution in [0.25, 0.3) is 10.2 Å². The number of pyridine rings is 1. The molecule has 0 fully saturated rings. The molecule has 0 bridgehead atoms. The summed E-state index contributed by atoms with van der Waals surface area (Å²) in [5.41, 5.74) is 7.55. The number of fused-ring (bicyclic) bond motifs is 1. The molecule has 0 saturated heterocycles. The summed E-state index contributed by atoms with van der Waals surface area (Å²) in [6.07, 6.45) is 1.70. The Morgan fingerprint density at radius 2 is 2.19 bits per heavy atom. The minimum atomic E-state index is -0.171. The van der Waals surface area contributed by atoms with Crippen LogP contribution in [0.1, 0.15) is 15.2 Å². The highest BCUT2D eigenvalue weighted by molar-refractivity contribution is 9.10. The summed E-state index contributed by atoms with van der Waals surface area (Å²) in [5.74, 6) is -0.171. The second-order valence-electron chi connectivity index (χ2n) is 4.51. The van der Waals surface area contributed by atoms with Crippen LogP contribution in [0.3, 0.4) is 0 Å². The summed E-state index contributed by atoms with van der Waals surface area (Å²) >= 11 is 4.72. The number of anilines is 1. The van der Waals surface area contributed by atoms with Crippen LogP contribution >= 0.6 is 27.3 Å². The van der Waals surface area contributed by atoms with E-state index in [4.69, 9.17) is 5.73 Å². The van der Waals surface area contributed by atoms with Crippen LogP contribution in [0, 0.1) is 0 Å². The van der Waals surface area contributed by atoms with E-state index >= 15 is 0 Å². The number of aromatic nitrogens is 1. The molecule has 0 unspecified atom stereocenters. The monoisotopic (exact) mass is 361 g/mol. The van der Waals surface area contributed by atoms with Crippen molar-refractivity contribution in [2.24, 2.45) is 0 Å². The number of nitrogens with two attached hydrogens (primary N) is 1. The molecule has 0 radical (unpaired) electrons. The summed E-state index contributed by atoms with van der Waals surface area (Å²) in [5, 5.41) is 3.72. The summed E-state index contributed by atoms with van der Waals surface area (Å²) in [4.78, 5) is 17.8. The zero-order valence-electron chi connectivity index (χ0n) is 11.0. The fraction of sp³-hybridized carbons (Fsp3) is 0.0667. The molecule has 0 atom stereocenters. The number of carbonyl (C=O) groups excluding carboxylic acids is 1. The third-order valence-corrected chi connectivity index (χ3v) is 4.67. The fourth-order valence-corrected chi connectivity index (χ4v) is 3.46. The van der Waals surface area contributed by atoms with Gasteiger partial charge in [0, 0.05) is 22.6 Å². The Morgan fingerprint density at radius 3 is 2.95 bits per heavy atom. The predicted octanol–water partition coefficient (Wildman–Crippen LogP) is 3.57. The average Bonchev–Trinajstić information content (AvgIpc) is 2.83.